The summed E-state index contributed by atoms with van der Waals surface area (Å²) in [4.78, 5) is 11.8. The summed E-state index contributed by atoms with van der Waals surface area (Å²) in [6.07, 6.45) is 3.31. The standard InChI is InChI=1S/C22H23NO4/c1-13(9-20(24)23-3)17-11-18-19(15-7-6-8-16(10-15)25-4)12-27-22(18)14(2)21(17)26-5/h6-12H,1-5H3,(H,23,24)/b13-9+. The highest BCUT2D eigenvalue weighted by molar-refractivity contribution is 6.01. The molecule has 0 aliphatic rings. The molecule has 1 heterocycles. The number of furan rings is 1. The van der Waals surface area contributed by atoms with Crippen LogP contribution in [0, 0.1) is 6.92 Å². The van der Waals surface area contributed by atoms with Crippen molar-refractivity contribution in [2.24, 2.45) is 0 Å². The van der Waals surface area contributed by atoms with Crippen molar-refractivity contribution >= 4 is 22.4 Å². The van der Waals surface area contributed by atoms with Gasteiger partial charge in [0.05, 0.1) is 20.5 Å². The molecule has 1 aromatic heterocycles. The third kappa shape index (κ3) is 3.40. The third-order valence-corrected chi connectivity index (χ3v) is 4.65. The van der Waals surface area contributed by atoms with Gasteiger partial charge in [-0.05, 0) is 43.2 Å². The first-order chi connectivity index (χ1) is 13.0. The number of carbonyl (C=O) groups excluding carboxylic acids is 1. The highest BCUT2D eigenvalue weighted by Gasteiger charge is 2.18. The number of hydrogen-bond acceptors (Lipinski definition) is 4. The number of fused-ring (bicyclic) bond motifs is 1. The summed E-state index contributed by atoms with van der Waals surface area (Å²) in [6, 6.07) is 9.84. The number of likely N-dealkylation sites (N-methyl/N-ethyl adjacent to an activating group) is 1. The van der Waals surface area contributed by atoms with Crippen LogP contribution in [0.15, 0.2) is 47.1 Å². The Morgan fingerprint density at radius 2 is 1.96 bits per heavy atom. The van der Waals surface area contributed by atoms with E-state index in [0.29, 0.717) is 5.75 Å². The van der Waals surface area contributed by atoms with Gasteiger partial charge in [0.1, 0.15) is 17.1 Å². The van der Waals surface area contributed by atoms with E-state index >= 15 is 0 Å². The number of methoxy groups -OCH3 is 2. The molecular formula is C22H23NO4. The van der Waals surface area contributed by atoms with Gasteiger partial charge < -0.3 is 19.2 Å². The third-order valence-electron chi connectivity index (χ3n) is 4.65. The van der Waals surface area contributed by atoms with Gasteiger partial charge in [-0.3, -0.25) is 4.79 Å². The Hall–Kier alpha value is -3.21. The molecule has 140 valence electrons. The van der Waals surface area contributed by atoms with Crippen molar-refractivity contribution in [2.45, 2.75) is 13.8 Å². The molecule has 1 amide bonds. The maximum absolute atomic E-state index is 11.8. The van der Waals surface area contributed by atoms with E-state index in [2.05, 4.69) is 5.32 Å². The Bertz CT molecular complexity index is 1030. The molecule has 0 radical (unpaired) electrons. The number of nitrogens with one attached hydrogen (secondary N) is 1. The van der Waals surface area contributed by atoms with Gasteiger partial charge in [-0.2, -0.15) is 0 Å². The van der Waals surface area contributed by atoms with Gasteiger partial charge in [-0.25, -0.2) is 0 Å². The summed E-state index contributed by atoms with van der Waals surface area (Å²) in [6.45, 7) is 3.85. The Labute approximate surface area is 158 Å². The van der Waals surface area contributed by atoms with Crippen molar-refractivity contribution in [1.82, 2.24) is 5.32 Å². The van der Waals surface area contributed by atoms with Gasteiger partial charge in [0, 0.05) is 35.2 Å². The highest BCUT2D eigenvalue weighted by atomic mass is 16.5. The van der Waals surface area contributed by atoms with Crippen LogP contribution in [0.3, 0.4) is 0 Å². The lowest BCUT2D eigenvalue weighted by Gasteiger charge is -2.13. The molecule has 2 aromatic carbocycles. The van der Waals surface area contributed by atoms with E-state index in [4.69, 9.17) is 13.9 Å². The number of ether oxygens (including phenoxy) is 2. The van der Waals surface area contributed by atoms with Crippen LogP contribution in [0.1, 0.15) is 18.1 Å². The maximum atomic E-state index is 11.8. The Morgan fingerprint density at radius 1 is 1.19 bits per heavy atom. The summed E-state index contributed by atoms with van der Waals surface area (Å²) < 4.78 is 16.8. The highest BCUT2D eigenvalue weighted by Crippen LogP contribution is 2.41. The van der Waals surface area contributed by atoms with Crippen LogP contribution in [0.2, 0.25) is 0 Å². The minimum absolute atomic E-state index is 0.160. The van der Waals surface area contributed by atoms with Crippen LogP contribution in [-0.4, -0.2) is 27.2 Å². The molecule has 0 unspecified atom stereocenters. The van der Waals surface area contributed by atoms with Crippen LogP contribution in [0.5, 0.6) is 11.5 Å². The molecule has 0 saturated carbocycles. The van der Waals surface area contributed by atoms with Crippen molar-refractivity contribution in [2.75, 3.05) is 21.3 Å². The van der Waals surface area contributed by atoms with Gasteiger partial charge in [0.2, 0.25) is 5.91 Å². The number of amides is 1. The predicted octanol–water partition coefficient (Wildman–Crippen LogP) is 4.57. The molecule has 3 rings (SSSR count). The van der Waals surface area contributed by atoms with Crippen molar-refractivity contribution in [3.05, 3.63) is 53.8 Å². The van der Waals surface area contributed by atoms with E-state index in [0.717, 1.165) is 44.5 Å². The van der Waals surface area contributed by atoms with E-state index in [9.17, 15) is 4.79 Å². The molecule has 5 heteroatoms. The fourth-order valence-electron chi connectivity index (χ4n) is 3.23. The topological polar surface area (TPSA) is 60.7 Å². The molecule has 27 heavy (non-hydrogen) atoms. The quantitative estimate of drug-likeness (QED) is 0.673. The van der Waals surface area contributed by atoms with E-state index in [1.807, 2.05) is 44.2 Å². The lowest BCUT2D eigenvalue weighted by molar-refractivity contribution is -0.116. The summed E-state index contributed by atoms with van der Waals surface area (Å²) in [5.41, 5.74) is 5.29. The molecule has 0 bridgehead atoms. The average molecular weight is 365 g/mol. The normalized spacial score (nSPS) is 11.5. The number of hydrogen-bond donors (Lipinski definition) is 1. The average Bonchev–Trinajstić information content (AvgIpc) is 3.12. The van der Waals surface area contributed by atoms with Crippen LogP contribution in [-0.2, 0) is 4.79 Å². The molecule has 0 spiro atoms. The van der Waals surface area contributed by atoms with Gasteiger partial charge in [-0.1, -0.05) is 12.1 Å². The molecule has 3 aromatic rings. The van der Waals surface area contributed by atoms with Crippen LogP contribution in [0.25, 0.3) is 27.7 Å². The van der Waals surface area contributed by atoms with Gasteiger partial charge in [0.25, 0.3) is 0 Å². The predicted molar refractivity (Wildman–Crippen MR) is 107 cm³/mol. The Balaban J connectivity index is 2.25. The second kappa shape index (κ2) is 7.58. The minimum Gasteiger partial charge on any atom is -0.497 e. The van der Waals surface area contributed by atoms with Crippen LogP contribution >= 0.6 is 0 Å². The summed E-state index contributed by atoms with van der Waals surface area (Å²) in [7, 11) is 4.87. The number of carbonyl (C=O) groups is 1. The molecule has 1 N–H and O–H groups in total. The monoisotopic (exact) mass is 365 g/mol. The molecule has 0 fully saturated rings. The maximum Gasteiger partial charge on any atom is 0.244 e. The van der Waals surface area contributed by atoms with Gasteiger partial charge in [0.15, 0.2) is 0 Å². The Kier molecular flexibility index (Phi) is 5.21. The van der Waals surface area contributed by atoms with E-state index in [1.54, 1.807) is 33.6 Å². The van der Waals surface area contributed by atoms with Gasteiger partial charge in [-0.15, -0.1) is 0 Å². The summed E-state index contributed by atoms with van der Waals surface area (Å²) in [5, 5.41) is 3.57. The number of aryl methyl sites for hydroxylation is 1. The molecule has 5 nitrogen and oxygen atoms in total. The van der Waals surface area contributed by atoms with Crippen molar-refractivity contribution in [1.29, 1.82) is 0 Å². The molecule has 0 aliphatic heterocycles. The lowest BCUT2D eigenvalue weighted by Crippen LogP contribution is -2.14. The molecule has 0 saturated heterocycles. The van der Waals surface area contributed by atoms with E-state index in [1.165, 1.54) is 0 Å². The smallest absolute Gasteiger partial charge is 0.244 e. The fraction of sp³-hybridized carbons (Fsp3) is 0.227. The summed E-state index contributed by atoms with van der Waals surface area (Å²) in [5.74, 6) is 1.32. The molecule has 0 aliphatic carbocycles. The second-order valence-electron chi connectivity index (χ2n) is 6.28. The molecular weight excluding hydrogens is 342 g/mol. The zero-order valence-corrected chi connectivity index (χ0v) is 16.2. The minimum atomic E-state index is -0.160. The Morgan fingerprint density at radius 3 is 2.63 bits per heavy atom. The largest absolute Gasteiger partial charge is 0.497 e. The zero-order chi connectivity index (χ0) is 19.6. The summed E-state index contributed by atoms with van der Waals surface area (Å²) >= 11 is 0. The molecule has 0 atom stereocenters. The number of allylic oxidation sites excluding steroid dienone is 1. The van der Waals surface area contributed by atoms with Gasteiger partial charge >= 0.3 is 0 Å². The van der Waals surface area contributed by atoms with Crippen LogP contribution < -0.4 is 14.8 Å². The van der Waals surface area contributed by atoms with Crippen molar-refractivity contribution in [3.8, 4) is 22.6 Å². The van der Waals surface area contributed by atoms with Crippen molar-refractivity contribution in [3.63, 3.8) is 0 Å². The van der Waals surface area contributed by atoms with Crippen molar-refractivity contribution < 1.29 is 18.7 Å². The van der Waals surface area contributed by atoms with Crippen LogP contribution in [0.4, 0.5) is 0 Å². The first-order valence-electron chi connectivity index (χ1n) is 8.63. The van der Waals surface area contributed by atoms with E-state index in [-0.39, 0.29) is 5.91 Å². The van der Waals surface area contributed by atoms with E-state index < -0.39 is 0 Å². The lowest BCUT2D eigenvalue weighted by atomic mass is 9.96. The first kappa shape index (κ1) is 18.6. The number of rotatable bonds is 5. The first-order valence-corrected chi connectivity index (χ1v) is 8.63. The fourth-order valence-corrected chi connectivity index (χ4v) is 3.23. The second-order valence-corrected chi connectivity index (χ2v) is 6.28. The SMILES string of the molecule is CNC(=O)/C=C(\C)c1cc2c(-c3cccc(OC)c3)coc2c(C)c1OC. The number of benzene rings is 2. The zero-order valence-electron chi connectivity index (χ0n) is 16.2.